The van der Waals surface area contributed by atoms with Gasteiger partial charge in [-0.2, -0.15) is 0 Å². The van der Waals surface area contributed by atoms with E-state index in [0.29, 0.717) is 15.6 Å². The molecule has 0 N–H and O–H groups in total. The summed E-state index contributed by atoms with van der Waals surface area (Å²) in [6, 6.07) is 14.1. The third-order valence-electron chi connectivity index (χ3n) is 2.43. The fourth-order valence-electron chi connectivity index (χ4n) is 1.46. The maximum Gasteiger partial charge on any atom is 0.185 e. The zero-order valence-electron chi connectivity index (χ0n) is 9.85. The summed E-state index contributed by atoms with van der Waals surface area (Å²) < 4.78 is 0. The van der Waals surface area contributed by atoms with Crippen molar-refractivity contribution in [2.75, 3.05) is 0 Å². The van der Waals surface area contributed by atoms with Crippen LogP contribution < -0.4 is 0 Å². The van der Waals surface area contributed by atoms with Gasteiger partial charge in [-0.1, -0.05) is 41.4 Å². The van der Waals surface area contributed by atoms with E-state index in [0.717, 1.165) is 5.56 Å². The van der Waals surface area contributed by atoms with Crippen LogP contribution in [0.4, 0.5) is 0 Å². The monoisotopic (exact) mass is 312 g/mol. The molecule has 0 unspecified atom stereocenters. The number of carbonyl (C=O) groups excluding carboxylic acids is 1. The normalized spacial score (nSPS) is 10.2. The van der Waals surface area contributed by atoms with Gasteiger partial charge in [0.15, 0.2) is 5.78 Å². The lowest BCUT2D eigenvalue weighted by molar-refractivity contribution is 0.104. The van der Waals surface area contributed by atoms with Crippen LogP contribution in [0, 0.1) is 0 Å². The second-order valence-electron chi connectivity index (χ2n) is 3.76. The van der Waals surface area contributed by atoms with Crippen molar-refractivity contribution in [3.63, 3.8) is 0 Å². The van der Waals surface area contributed by atoms with Crippen molar-refractivity contribution in [2.45, 2.75) is 0 Å². The van der Waals surface area contributed by atoms with Gasteiger partial charge in [-0.25, -0.2) is 0 Å². The number of carbonyl (C=O) groups is 1. The molecule has 0 spiro atoms. The fraction of sp³-hybridized carbons (Fsp3) is 0. The summed E-state index contributed by atoms with van der Waals surface area (Å²) >= 11 is 11.5. The lowest BCUT2D eigenvalue weighted by Crippen LogP contribution is -1.92. The van der Waals surface area contributed by atoms with E-state index in [-0.39, 0.29) is 18.2 Å². The Labute approximate surface area is 128 Å². The number of benzene rings is 2. The molecule has 2 rings (SSSR count). The van der Waals surface area contributed by atoms with Crippen LogP contribution in [0.5, 0.6) is 0 Å². The number of hydrogen-bond acceptors (Lipinski definition) is 1. The Morgan fingerprint density at radius 1 is 0.842 bits per heavy atom. The summed E-state index contributed by atoms with van der Waals surface area (Å²) in [5, 5.41) is 1.30. The van der Waals surface area contributed by atoms with E-state index in [1.807, 2.05) is 12.1 Å². The van der Waals surface area contributed by atoms with E-state index >= 15 is 0 Å². The summed E-state index contributed by atoms with van der Waals surface area (Å²) in [6.45, 7) is 0. The highest BCUT2D eigenvalue weighted by Crippen LogP contribution is 2.13. The second-order valence-corrected chi connectivity index (χ2v) is 4.63. The van der Waals surface area contributed by atoms with Crippen LogP contribution in [0.1, 0.15) is 15.9 Å². The second kappa shape index (κ2) is 7.34. The summed E-state index contributed by atoms with van der Waals surface area (Å²) in [5.41, 5.74) is 1.55. The van der Waals surface area contributed by atoms with Crippen molar-refractivity contribution >= 4 is 47.5 Å². The molecule has 0 aliphatic heterocycles. The van der Waals surface area contributed by atoms with Gasteiger partial charge in [-0.15, -0.1) is 12.4 Å². The lowest BCUT2D eigenvalue weighted by Gasteiger charge is -1.96. The minimum atomic E-state index is -0.0541. The maximum atomic E-state index is 11.8. The van der Waals surface area contributed by atoms with Crippen molar-refractivity contribution in [2.24, 2.45) is 0 Å². The minimum absolute atomic E-state index is 0. The first-order valence-electron chi connectivity index (χ1n) is 5.39. The Hall–Kier alpha value is -1.28. The molecule has 0 aliphatic rings. The van der Waals surface area contributed by atoms with Gasteiger partial charge in [0.25, 0.3) is 0 Å². The van der Waals surface area contributed by atoms with Crippen LogP contribution in [-0.4, -0.2) is 5.78 Å². The van der Waals surface area contributed by atoms with Crippen LogP contribution in [0.3, 0.4) is 0 Å². The predicted octanol–water partition coefficient (Wildman–Crippen LogP) is 5.31. The number of rotatable bonds is 3. The van der Waals surface area contributed by atoms with Crippen molar-refractivity contribution in [1.82, 2.24) is 0 Å². The standard InChI is InChI=1S/C15H10Cl2O.ClH/c16-13-6-1-11(2-7-13)3-10-15(18)12-4-8-14(17)9-5-12;/h1-10H;1H. The predicted molar refractivity (Wildman–Crippen MR) is 83.5 cm³/mol. The van der Waals surface area contributed by atoms with Gasteiger partial charge in [0, 0.05) is 15.6 Å². The average molecular weight is 314 g/mol. The van der Waals surface area contributed by atoms with Crippen LogP contribution in [0.2, 0.25) is 10.0 Å². The first kappa shape index (κ1) is 15.8. The van der Waals surface area contributed by atoms with Crippen LogP contribution in [0.15, 0.2) is 54.6 Å². The van der Waals surface area contributed by atoms with E-state index in [9.17, 15) is 4.79 Å². The lowest BCUT2D eigenvalue weighted by atomic mass is 10.1. The van der Waals surface area contributed by atoms with E-state index < -0.39 is 0 Å². The molecule has 0 aromatic heterocycles. The molecule has 4 heteroatoms. The Morgan fingerprint density at radius 2 is 1.32 bits per heavy atom. The third-order valence-corrected chi connectivity index (χ3v) is 2.93. The Kier molecular flexibility index (Phi) is 6.10. The van der Waals surface area contributed by atoms with E-state index in [1.54, 1.807) is 42.5 Å². The molecule has 0 saturated carbocycles. The molecule has 2 aromatic rings. The molecular formula is C15H11Cl3O. The van der Waals surface area contributed by atoms with Crippen LogP contribution >= 0.6 is 35.6 Å². The average Bonchev–Trinajstić information content (AvgIpc) is 2.38. The first-order chi connectivity index (χ1) is 8.65. The number of allylic oxidation sites excluding steroid dienone is 1. The van der Waals surface area contributed by atoms with Crippen molar-refractivity contribution in [1.29, 1.82) is 0 Å². The van der Waals surface area contributed by atoms with Gasteiger partial charge in [0.2, 0.25) is 0 Å². The fourth-order valence-corrected chi connectivity index (χ4v) is 1.71. The summed E-state index contributed by atoms with van der Waals surface area (Å²) in [5.74, 6) is -0.0541. The summed E-state index contributed by atoms with van der Waals surface area (Å²) in [7, 11) is 0. The highest BCUT2D eigenvalue weighted by molar-refractivity contribution is 6.31. The smallest absolute Gasteiger partial charge is 0.185 e. The van der Waals surface area contributed by atoms with Gasteiger partial charge >= 0.3 is 0 Å². The molecule has 1 nitrogen and oxygen atoms in total. The molecule has 0 amide bonds. The molecule has 0 saturated heterocycles. The molecular weight excluding hydrogens is 303 g/mol. The molecule has 0 heterocycles. The molecule has 19 heavy (non-hydrogen) atoms. The maximum absolute atomic E-state index is 11.8. The van der Waals surface area contributed by atoms with Crippen LogP contribution in [-0.2, 0) is 0 Å². The molecule has 98 valence electrons. The number of hydrogen-bond donors (Lipinski definition) is 0. The van der Waals surface area contributed by atoms with Gasteiger partial charge in [0.1, 0.15) is 0 Å². The van der Waals surface area contributed by atoms with Gasteiger partial charge < -0.3 is 0 Å². The van der Waals surface area contributed by atoms with E-state index in [1.165, 1.54) is 6.08 Å². The van der Waals surface area contributed by atoms with Crippen molar-refractivity contribution < 1.29 is 4.79 Å². The Bertz CT molecular complexity index is 571. The van der Waals surface area contributed by atoms with E-state index in [4.69, 9.17) is 23.2 Å². The molecule has 0 bridgehead atoms. The van der Waals surface area contributed by atoms with E-state index in [2.05, 4.69) is 0 Å². The quantitative estimate of drug-likeness (QED) is 0.554. The molecule has 0 radical (unpaired) electrons. The SMILES string of the molecule is Cl.O=C(C=Cc1ccc(Cl)cc1)c1ccc(Cl)cc1. The zero-order chi connectivity index (χ0) is 13.0. The van der Waals surface area contributed by atoms with Crippen LogP contribution in [0.25, 0.3) is 6.08 Å². The Balaban J connectivity index is 0.00000180. The van der Waals surface area contributed by atoms with Gasteiger partial charge in [-0.05, 0) is 48.0 Å². The van der Waals surface area contributed by atoms with Crippen molar-refractivity contribution in [3.05, 3.63) is 75.8 Å². The molecule has 0 aliphatic carbocycles. The summed E-state index contributed by atoms with van der Waals surface area (Å²) in [6.07, 6.45) is 3.29. The topological polar surface area (TPSA) is 17.1 Å². The number of ketones is 1. The molecule has 0 fully saturated rings. The molecule has 0 atom stereocenters. The first-order valence-corrected chi connectivity index (χ1v) is 6.14. The summed E-state index contributed by atoms with van der Waals surface area (Å²) in [4.78, 5) is 11.8. The minimum Gasteiger partial charge on any atom is -0.289 e. The highest BCUT2D eigenvalue weighted by Gasteiger charge is 2.00. The highest BCUT2D eigenvalue weighted by atomic mass is 35.5. The molecule has 2 aromatic carbocycles. The zero-order valence-corrected chi connectivity index (χ0v) is 12.2. The Morgan fingerprint density at radius 3 is 1.84 bits per heavy atom. The van der Waals surface area contributed by atoms with Gasteiger partial charge in [-0.3, -0.25) is 4.79 Å². The third kappa shape index (κ3) is 4.71. The largest absolute Gasteiger partial charge is 0.289 e. The van der Waals surface area contributed by atoms with Crippen molar-refractivity contribution in [3.8, 4) is 0 Å². The number of halogens is 3. The van der Waals surface area contributed by atoms with Gasteiger partial charge in [0.05, 0.1) is 0 Å².